The van der Waals surface area contributed by atoms with Gasteiger partial charge in [0.25, 0.3) is 0 Å². The normalized spacial score (nSPS) is 26.4. The number of fused-ring (bicyclic) bond motifs is 2. The van der Waals surface area contributed by atoms with Crippen molar-refractivity contribution in [3.05, 3.63) is 12.7 Å². The van der Waals surface area contributed by atoms with E-state index in [0.29, 0.717) is 19.4 Å². The topological polar surface area (TPSA) is 72.6 Å². The Morgan fingerprint density at radius 2 is 2.32 bits per heavy atom. The largest absolute Gasteiger partial charge is 0.459 e. The fraction of sp³-hybridized carbons (Fsp3) is 0.714. The molecule has 0 saturated carbocycles. The van der Waals surface area contributed by atoms with Crippen molar-refractivity contribution in [2.45, 2.75) is 56.7 Å². The Morgan fingerprint density at radius 1 is 1.53 bits per heavy atom. The summed E-state index contributed by atoms with van der Waals surface area (Å²) in [7, 11) is 0. The zero-order valence-corrected chi connectivity index (χ0v) is 11.2. The molecule has 2 heterocycles. The molecule has 5 heteroatoms. The molecule has 0 unspecified atom stereocenters. The van der Waals surface area contributed by atoms with E-state index in [1.54, 1.807) is 4.90 Å². The molecule has 106 valence electrons. The van der Waals surface area contributed by atoms with Gasteiger partial charge in [-0.1, -0.05) is 18.9 Å². The molecule has 1 amide bonds. The van der Waals surface area contributed by atoms with Crippen LogP contribution in [0, 0.1) is 0 Å². The maximum absolute atomic E-state index is 12.2. The molecule has 2 rings (SSSR count). The summed E-state index contributed by atoms with van der Waals surface area (Å²) in [6, 6.07) is -0.875. The van der Waals surface area contributed by atoms with Crippen molar-refractivity contribution < 1.29 is 14.3 Å². The summed E-state index contributed by atoms with van der Waals surface area (Å²) >= 11 is 0. The molecule has 2 aliphatic rings. The molecule has 2 aliphatic heterocycles. The molecule has 0 spiro atoms. The van der Waals surface area contributed by atoms with Crippen LogP contribution in [0.4, 0.5) is 0 Å². The highest BCUT2D eigenvalue weighted by Crippen LogP contribution is 2.29. The van der Waals surface area contributed by atoms with Crippen LogP contribution in [0.1, 0.15) is 38.5 Å². The lowest BCUT2D eigenvalue weighted by Crippen LogP contribution is -2.50. The van der Waals surface area contributed by atoms with Crippen molar-refractivity contribution in [1.82, 2.24) is 4.90 Å². The second-order valence-corrected chi connectivity index (χ2v) is 5.33. The van der Waals surface area contributed by atoms with Crippen LogP contribution in [0.2, 0.25) is 0 Å². The van der Waals surface area contributed by atoms with Crippen molar-refractivity contribution in [1.29, 1.82) is 0 Å². The molecular weight excluding hydrogens is 244 g/mol. The number of allylic oxidation sites excluding steroid dienone is 1. The number of nitrogens with zero attached hydrogens (tertiary/aromatic N) is 1. The quantitative estimate of drug-likeness (QED) is 0.423. The van der Waals surface area contributed by atoms with Gasteiger partial charge in [-0.15, -0.1) is 6.58 Å². The van der Waals surface area contributed by atoms with E-state index in [4.69, 9.17) is 10.5 Å². The minimum absolute atomic E-state index is 0.104. The highest BCUT2D eigenvalue weighted by Gasteiger charge is 2.49. The molecule has 5 nitrogen and oxygen atoms in total. The van der Waals surface area contributed by atoms with Gasteiger partial charge in [-0.3, -0.25) is 4.79 Å². The zero-order chi connectivity index (χ0) is 13.8. The molecule has 2 N–H and O–H groups in total. The third-order valence-corrected chi connectivity index (χ3v) is 3.84. The van der Waals surface area contributed by atoms with Crippen LogP contribution < -0.4 is 5.73 Å². The van der Waals surface area contributed by atoms with Crippen molar-refractivity contribution in [2.24, 2.45) is 5.73 Å². The van der Waals surface area contributed by atoms with Crippen LogP contribution in [0.5, 0.6) is 0 Å². The number of amides is 1. The van der Waals surface area contributed by atoms with Gasteiger partial charge in [0.1, 0.15) is 12.1 Å². The Labute approximate surface area is 113 Å². The fourth-order valence-electron chi connectivity index (χ4n) is 2.76. The van der Waals surface area contributed by atoms with E-state index in [9.17, 15) is 9.59 Å². The minimum Gasteiger partial charge on any atom is -0.459 e. The standard InChI is InChI=1S/C14H22N2O3/c1-2-3-4-5-6-7-11(15)13(17)16-9-10-8-12(16)14(18)19-10/h2,10-12H,1,3-9,15H2/t10-,11-,12-/m0/s1. The molecule has 0 aliphatic carbocycles. The lowest BCUT2D eigenvalue weighted by molar-refractivity contribution is -0.157. The first-order valence-corrected chi connectivity index (χ1v) is 7.01. The first-order chi connectivity index (χ1) is 9.13. The molecule has 2 fully saturated rings. The van der Waals surface area contributed by atoms with Crippen LogP contribution >= 0.6 is 0 Å². The van der Waals surface area contributed by atoms with Gasteiger partial charge in [0.05, 0.1) is 12.6 Å². The van der Waals surface area contributed by atoms with E-state index in [-0.39, 0.29) is 24.0 Å². The van der Waals surface area contributed by atoms with E-state index in [0.717, 1.165) is 25.7 Å². The summed E-state index contributed by atoms with van der Waals surface area (Å²) in [4.78, 5) is 25.2. The van der Waals surface area contributed by atoms with Crippen molar-refractivity contribution >= 4 is 11.9 Å². The number of rotatable bonds is 7. The van der Waals surface area contributed by atoms with Gasteiger partial charge in [-0.05, 0) is 19.3 Å². The third-order valence-electron chi connectivity index (χ3n) is 3.84. The van der Waals surface area contributed by atoms with Crippen LogP contribution in [0.25, 0.3) is 0 Å². The van der Waals surface area contributed by atoms with E-state index < -0.39 is 6.04 Å². The Bertz CT molecular complexity index is 370. The van der Waals surface area contributed by atoms with Crippen molar-refractivity contribution in [3.63, 3.8) is 0 Å². The summed E-state index contributed by atoms with van der Waals surface area (Å²) < 4.78 is 5.06. The van der Waals surface area contributed by atoms with Gasteiger partial charge in [-0.25, -0.2) is 4.79 Å². The Hall–Kier alpha value is -1.36. The number of carbonyl (C=O) groups is 2. The molecule has 2 bridgehead atoms. The summed E-state index contributed by atoms with van der Waals surface area (Å²) in [5.41, 5.74) is 5.93. The van der Waals surface area contributed by atoms with E-state index in [2.05, 4.69) is 6.58 Å². The summed E-state index contributed by atoms with van der Waals surface area (Å²) in [5.74, 6) is -0.379. The lowest BCUT2D eigenvalue weighted by atomic mass is 10.1. The predicted molar refractivity (Wildman–Crippen MR) is 71.3 cm³/mol. The van der Waals surface area contributed by atoms with Gasteiger partial charge in [-0.2, -0.15) is 0 Å². The number of esters is 1. The average molecular weight is 266 g/mol. The Balaban J connectivity index is 1.73. The number of likely N-dealkylation sites (tertiary alicyclic amines) is 1. The van der Waals surface area contributed by atoms with Gasteiger partial charge in [0.2, 0.25) is 5.91 Å². The molecular formula is C14H22N2O3. The number of hydrogen-bond donors (Lipinski definition) is 1. The SMILES string of the molecule is C=CCCCCC[C@H](N)C(=O)N1C[C@@H]2C[C@H]1C(=O)O2. The number of morpholine rings is 1. The molecule has 0 aromatic rings. The highest BCUT2D eigenvalue weighted by molar-refractivity contribution is 5.89. The van der Waals surface area contributed by atoms with Crippen LogP contribution in [-0.2, 0) is 14.3 Å². The zero-order valence-electron chi connectivity index (χ0n) is 11.2. The van der Waals surface area contributed by atoms with Gasteiger partial charge >= 0.3 is 5.97 Å². The van der Waals surface area contributed by atoms with E-state index in [1.165, 1.54) is 0 Å². The summed E-state index contributed by atoms with van der Waals surface area (Å²) in [6.45, 7) is 4.19. The molecule has 0 aromatic heterocycles. The number of carbonyl (C=O) groups excluding carboxylic acids is 2. The van der Waals surface area contributed by atoms with Crippen LogP contribution in [0.3, 0.4) is 0 Å². The second-order valence-electron chi connectivity index (χ2n) is 5.33. The van der Waals surface area contributed by atoms with Gasteiger partial charge in [0.15, 0.2) is 0 Å². The Morgan fingerprint density at radius 3 is 2.95 bits per heavy atom. The number of hydrogen-bond acceptors (Lipinski definition) is 4. The highest BCUT2D eigenvalue weighted by atomic mass is 16.6. The third kappa shape index (κ3) is 3.15. The van der Waals surface area contributed by atoms with Crippen molar-refractivity contribution in [3.8, 4) is 0 Å². The first kappa shape index (κ1) is 14.1. The van der Waals surface area contributed by atoms with Crippen LogP contribution in [0.15, 0.2) is 12.7 Å². The van der Waals surface area contributed by atoms with Gasteiger partial charge < -0.3 is 15.4 Å². The molecule has 3 atom stereocenters. The fourth-order valence-corrected chi connectivity index (χ4v) is 2.76. The number of unbranched alkanes of at least 4 members (excludes halogenated alkanes) is 3. The lowest BCUT2D eigenvalue weighted by Gasteiger charge is -2.28. The smallest absolute Gasteiger partial charge is 0.329 e. The summed E-state index contributed by atoms with van der Waals surface area (Å²) in [5, 5.41) is 0. The average Bonchev–Trinajstić information content (AvgIpc) is 2.96. The van der Waals surface area contributed by atoms with Crippen LogP contribution in [-0.4, -0.2) is 41.5 Å². The van der Waals surface area contributed by atoms with Crippen molar-refractivity contribution in [2.75, 3.05) is 6.54 Å². The molecule has 19 heavy (non-hydrogen) atoms. The summed E-state index contributed by atoms with van der Waals surface area (Å²) in [6.07, 6.45) is 7.19. The number of ether oxygens (including phenoxy) is 1. The molecule has 0 radical (unpaired) electrons. The predicted octanol–water partition coefficient (Wildman–Crippen LogP) is 0.976. The van der Waals surface area contributed by atoms with E-state index in [1.807, 2.05) is 6.08 Å². The minimum atomic E-state index is -0.490. The number of nitrogens with two attached hydrogens (primary N) is 1. The second kappa shape index (κ2) is 6.19. The van der Waals surface area contributed by atoms with Gasteiger partial charge in [0, 0.05) is 6.42 Å². The molecule has 2 saturated heterocycles. The monoisotopic (exact) mass is 266 g/mol. The Kier molecular flexibility index (Phi) is 4.58. The van der Waals surface area contributed by atoms with E-state index >= 15 is 0 Å². The maximum atomic E-state index is 12.2. The maximum Gasteiger partial charge on any atom is 0.329 e. The molecule has 0 aromatic carbocycles. The first-order valence-electron chi connectivity index (χ1n) is 7.01.